The number of carbonyl (C=O) groups is 1. The quantitative estimate of drug-likeness (QED) is 0.653. The first-order valence-corrected chi connectivity index (χ1v) is 4.02. The maximum absolute atomic E-state index is 10.7. The highest BCUT2D eigenvalue weighted by Crippen LogP contribution is 2.10. The van der Waals surface area contributed by atoms with Gasteiger partial charge in [-0.1, -0.05) is 5.21 Å². The van der Waals surface area contributed by atoms with Crippen LogP contribution in [0, 0.1) is 0 Å². The van der Waals surface area contributed by atoms with Crippen molar-refractivity contribution in [1.82, 2.24) is 15.0 Å². The van der Waals surface area contributed by atoms with E-state index in [0.29, 0.717) is 12.2 Å². The van der Waals surface area contributed by atoms with Crippen molar-refractivity contribution in [2.75, 3.05) is 6.54 Å². The lowest BCUT2D eigenvalue weighted by molar-refractivity contribution is -0.138. The summed E-state index contributed by atoms with van der Waals surface area (Å²) in [6, 6.07) is 0. The average molecular weight is 184 g/mol. The lowest BCUT2D eigenvalue weighted by Crippen LogP contribution is -2.21. The first-order valence-electron chi connectivity index (χ1n) is 4.02. The van der Waals surface area contributed by atoms with E-state index in [4.69, 9.17) is 10.8 Å². The topological polar surface area (TPSA) is 94.0 Å². The Morgan fingerprint density at radius 2 is 2.54 bits per heavy atom. The van der Waals surface area contributed by atoms with Gasteiger partial charge in [-0.25, -0.2) is 0 Å². The Morgan fingerprint density at radius 3 is 2.92 bits per heavy atom. The van der Waals surface area contributed by atoms with Crippen molar-refractivity contribution in [1.29, 1.82) is 0 Å². The number of aliphatic carboxylic acids is 1. The third-order valence-electron chi connectivity index (χ3n) is 1.77. The fourth-order valence-electron chi connectivity index (χ4n) is 0.976. The molecule has 1 heterocycles. The lowest BCUT2D eigenvalue weighted by Gasteiger charge is -2.03. The summed E-state index contributed by atoms with van der Waals surface area (Å²) in [5.41, 5.74) is 5.71. The Hall–Kier alpha value is -1.43. The van der Waals surface area contributed by atoms with Crippen LogP contribution in [0.15, 0.2) is 6.20 Å². The summed E-state index contributed by atoms with van der Waals surface area (Å²) in [5, 5.41) is 16.2. The minimum atomic E-state index is -0.967. The highest BCUT2D eigenvalue weighted by atomic mass is 16.4. The summed E-state index contributed by atoms with van der Waals surface area (Å²) in [7, 11) is 0. The molecule has 0 aliphatic rings. The monoisotopic (exact) mass is 184 g/mol. The van der Waals surface area contributed by atoms with Crippen molar-refractivity contribution in [2.24, 2.45) is 5.73 Å². The summed E-state index contributed by atoms with van der Waals surface area (Å²) in [6.07, 6.45) is 1.60. The van der Waals surface area contributed by atoms with Gasteiger partial charge in [0.05, 0.1) is 5.69 Å². The second kappa shape index (κ2) is 3.99. The number of hydrogen-bond donors (Lipinski definition) is 2. The molecule has 1 aromatic heterocycles. The van der Waals surface area contributed by atoms with Crippen LogP contribution < -0.4 is 5.73 Å². The van der Waals surface area contributed by atoms with Gasteiger partial charge in [0.1, 0.15) is 5.92 Å². The number of rotatable bonds is 4. The van der Waals surface area contributed by atoms with Crippen molar-refractivity contribution < 1.29 is 9.90 Å². The van der Waals surface area contributed by atoms with Crippen molar-refractivity contribution in [3.8, 4) is 0 Å². The van der Waals surface area contributed by atoms with Crippen LogP contribution in [0.25, 0.3) is 0 Å². The molecule has 0 aliphatic carbocycles. The minimum absolute atomic E-state index is 0.0394. The van der Waals surface area contributed by atoms with Gasteiger partial charge in [0.25, 0.3) is 0 Å². The number of carboxylic acids is 1. The third-order valence-corrected chi connectivity index (χ3v) is 1.77. The van der Waals surface area contributed by atoms with Gasteiger partial charge in [-0.2, -0.15) is 0 Å². The molecule has 0 saturated carbocycles. The van der Waals surface area contributed by atoms with Gasteiger partial charge in [-0.15, -0.1) is 5.10 Å². The molecule has 6 heteroatoms. The van der Waals surface area contributed by atoms with E-state index in [1.807, 2.05) is 6.92 Å². The number of nitrogens with zero attached hydrogens (tertiary/aromatic N) is 3. The summed E-state index contributed by atoms with van der Waals surface area (Å²) >= 11 is 0. The maximum Gasteiger partial charge on any atom is 0.314 e. The summed E-state index contributed by atoms with van der Waals surface area (Å²) in [6.45, 7) is 2.61. The van der Waals surface area contributed by atoms with Gasteiger partial charge in [0.15, 0.2) is 0 Å². The number of hydrogen-bond acceptors (Lipinski definition) is 4. The van der Waals surface area contributed by atoms with Gasteiger partial charge in [-0.3, -0.25) is 9.48 Å². The zero-order valence-corrected chi connectivity index (χ0v) is 7.34. The molecule has 0 aliphatic heterocycles. The first kappa shape index (κ1) is 9.66. The smallest absolute Gasteiger partial charge is 0.314 e. The predicted octanol–water partition coefficient (Wildman–Crippen LogP) is -0.575. The molecule has 0 fully saturated rings. The van der Waals surface area contributed by atoms with Gasteiger partial charge in [0, 0.05) is 19.3 Å². The predicted molar refractivity (Wildman–Crippen MR) is 45.1 cm³/mol. The van der Waals surface area contributed by atoms with E-state index >= 15 is 0 Å². The van der Waals surface area contributed by atoms with E-state index in [-0.39, 0.29) is 6.54 Å². The van der Waals surface area contributed by atoms with E-state index < -0.39 is 11.9 Å². The Balaban J connectivity index is 2.85. The molecule has 13 heavy (non-hydrogen) atoms. The maximum atomic E-state index is 10.7. The SMILES string of the molecule is CCn1cc(C(CN)C(=O)O)nn1. The van der Waals surface area contributed by atoms with Crippen LogP contribution in [0.2, 0.25) is 0 Å². The van der Waals surface area contributed by atoms with Crippen molar-refractivity contribution in [3.63, 3.8) is 0 Å². The number of carboxylic acid groups (broad SMARTS) is 1. The van der Waals surface area contributed by atoms with Crippen molar-refractivity contribution in [2.45, 2.75) is 19.4 Å². The number of aromatic nitrogens is 3. The number of nitrogens with two attached hydrogens (primary N) is 1. The molecule has 0 radical (unpaired) electrons. The van der Waals surface area contributed by atoms with Crippen molar-refractivity contribution >= 4 is 5.97 Å². The summed E-state index contributed by atoms with van der Waals surface area (Å²) in [5.74, 6) is -1.72. The fourth-order valence-corrected chi connectivity index (χ4v) is 0.976. The highest BCUT2D eigenvalue weighted by molar-refractivity contribution is 5.75. The summed E-state index contributed by atoms with van der Waals surface area (Å²) in [4.78, 5) is 10.7. The Labute approximate surface area is 75.3 Å². The van der Waals surface area contributed by atoms with Crippen LogP contribution in [0.5, 0.6) is 0 Å². The second-order valence-electron chi connectivity index (χ2n) is 2.63. The van der Waals surface area contributed by atoms with Crippen LogP contribution in [0.3, 0.4) is 0 Å². The van der Waals surface area contributed by atoms with E-state index in [2.05, 4.69) is 10.3 Å². The van der Waals surface area contributed by atoms with Crippen LogP contribution >= 0.6 is 0 Å². The van der Waals surface area contributed by atoms with Crippen molar-refractivity contribution in [3.05, 3.63) is 11.9 Å². The largest absolute Gasteiger partial charge is 0.481 e. The van der Waals surface area contributed by atoms with E-state index in [1.165, 1.54) is 0 Å². The van der Waals surface area contributed by atoms with E-state index in [1.54, 1.807) is 10.9 Å². The zero-order chi connectivity index (χ0) is 9.84. The lowest BCUT2D eigenvalue weighted by atomic mass is 10.1. The van der Waals surface area contributed by atoms with Crippen LogP contribution in [-0.2, 0) is 11.3 Å². The molecule has 0 aromatic carbocycles. The average Bonchev–Trinajstić information content (AvgIpc) is 2.53. The second-order valence-corrected chi connectivity index (χ2v) is 2.63. The molecular weight excluding hydrogens is 172 g/mol. The number of aryl methyl sites for hydroxylation is 1. The molecule has 1 rings (SSSR count). The molecular formula is C7H12N4O2. The molecule has 72 valence electrons. The van der Waals surface area contributed by atoms with Crippen LogP contribution in [0.4, 0.5) is 0 Å². The Kier molecular flexibility index (Phi) is 2.97. The van der Waals surface area contributed by atoms with E-state index in [0.717, 1.165) is 0 Å². The molecule has 0 bridgehead atoms. The molecule has 6 nitrogen and oxygen atoms in total. The molecule has 0 amide bonds. The third kappa shape index (κ3) is 2.03. The normalized spacial score (nSPS) is 12.8. The molecule has 0 saturated heterocycles. The molecule has 1 aromatic rings. The van der Waals surface area contributed by atoms with Gasteiger partial charge in [0.2, 0.25) is 0 Å². The molecule has 0 spiro atoms. The molecule has 1 unspecified atom stereocenters. The minimum Gasteiger partial charge on any atom is -0.481 e. The molecule has 3 N–H and O–H groups in total. The first-order chi connectivity index (χ1) is 6.19. The zero-order valence-electron chi connectivity index (χ0n) is 7.34. The fraction of sp³-hybridized carbons (Fsp3) is 0.571. The standard InChI is InChI=1S/C7H12N4O2/c1-2-11-4-6(9-10-11)5(3-8)7(12)13/h4-5H,2-3,8H2,1H3,(H,12,13). The molecule has 1 atom stereocenters. The van der Waals surface area contributed by atoms with Gasteiger partial charge >= 0.3 is 5.97 Å². The van der Waals surface area contributed by atoms with Crippen LogP contribution in [0.1, 0.15) is 18.5 Å². The van der Waals surface area contributed by atoms with Crippen LogP contribution in [-0.4, -0.2) is 32.6 Å². The van der Waals surface area contributed by atoms with Gasteiger partial charge in [-0.05, 0) is 6.92 Å². The highest BCUT2D eigenvalue weighted by Gasteiger charge is 2.20. The summed E-state index contributed by atoms with van der Waals surface area (Å²) < 4.78 is 1.57. The Morgan fingerprint density at radius 1 is 1.85 bits per heavy atom. The van der Waals surface area contributed by atoms with E-state index in [9.17, 15) is 4.79 Å². The van der Waals surface area contributed by atoms with Gasteiger partial charge < -0.3 is 10.8 Å². The Bertz CT molecular complexity index is 296.